The summed E-state index contributed by atoms with van der Waals surface area (Å²) in [4.78, 5) is 0. The normalized spacial score (nSPS) is 29.0. The molecule has 1 aliphatic carbocycles. The number of aliphatic hydroxyl groups is 1. The molecule has 3 atom stereocenters. The number of hydrogen-bond acceptors (Lipinski definition) is 5. The van der Waals surface area contributed by atoms with Crippen LogP contribution < -0.4 is 15.2 Å². The molecule has 1 fully saturated rings. The highest BCUT2D eigenvalue weighted by Gasteiger charge is 2.36. The molecule has 1 saturated carbocycles. The van der Waals surface area contributed by atoms with Crippen molar-refractivity contribution in [2.75, 3.05) is 26.4 Å². The third kappa shape index (κ3) is 4.02. The first kappa shape index (κ1) is 17.5. The summed E-state index contributed by atoms with van der Waals surface area (Å²) < 4.78 is 17.5. The molecule has 5 nitrogen and oxygen atoms in total. The summed E-state index contributed by atoms with van der Waals surface area (Å²) in [7, 11) is 0. The molecule has 0 amide bonds. The highest BCUT2D eigenvalue weighted by molar-refractivity contribution is 5.45. The van der Waals surface area contributed by atoms with Gasteiger partial charge >= 0.3 is 0 Å². The average molecular weight is 335 g/mol. The number of ether oxygens (including phenoxy) is 3. The van der Waals surface area contributed by atoms with Crippen molar-refractivity contribution in [1.82, 2.24) is 0 Å². The van der Waals surface area contributed by atoms with Gasteiger partial charge in [0, 0.05) is 12.1 Å². The SMILES string of the molecule is CCCCOCC1COc2cc(C3CCC(N)(CO)C3)ccc2O1. The van der Waals surface area contributed by atoms with E-state index >= 15 is 0 Å². The van der Waals surface area contributed by atoms with E-state index in [2.05, 4.69) is 19.1 Å². The van der Waals surface area contributed by atoms with Crippen LogP contribution in [0.3, 0.4) is 0 Å². The molecule has 0 saturated heterocycles. The monoisotopic (exact) mass is 335 g/mol. The summed E-state index contributed by atoms with van der Waals surface area (Å²) in [5.74, 6) is 1.97. The summed E-state index contributed by atoms with van der Waals surface area (Å²) >= 11 is 0. The van der Waals surface area contributed by atoms with Gasteiger partial charge < -0.3 is 25.1 Å². The van der Waals surface area contributed by atoms with Gasteiger partial charge in [-0.2, -0.15) is 0 Å². The second kappa shape index (κ2) is 7.72. The summed E-state index contributed by atoms with van der Waals surface area (Å²) in [6, 6.07) is 6.14. The minimum absolute atomic E-state index is 0.0437. The van der Waals surface area contributed by atoms with E-state index in [0.717, 1.165) is 50.2 Å². The number of benzene rings is 1. The number of aliphatic hydroxyl groups excluding tert-OH is 1. The maximum Gasteiger partial charge on any atom is 0.161 e. The Kier molecular flexibility index (Phi) is 5.64. The highest BCUT2D eigenvalue weighted by Crippen LogP contribution is 2.42. The minimum atomic E-state index is -0.432. The Hall–Kier alpha value is -1.30. The molecule has 1 aliphatic heterocycles. The van der Waals surface area contributed by atoms with E-state index in [4.69, 9.17) is 19.9 Å². The van der Waals surface area contributed by atoms with Gasteiger partial charge in [0.25, 0.3) is 0 Å². The van der Waals surface area contributed by atoms with Crippen LogP contribution in [0.4, 0.5) is 0 Å². The largest absolute Gasteiger partial charge is 0.486 e. The number of rotatable bonds is 7. The topological polar surface area (TPSA) is 73.9 Å². The zero-order chi connectivity index (χ0) is 17.0. The summed E-state index contributed by atoms with van der Waals surface area (Å²) in [5.41, 5.74) is 6.98. The molecule has 0 radical (unpaired) electrons. The average Bonchev–Trinajstić information content (AvgIpc) is 3.01. The van der Waals surface area contributed by atoms with Crippen molar-refractivity contribution in [3.63, 3.8) is 0 Å². The Bertz CT molecular complexity index is 550. The second-order valence-corrected chi connectivity index (χ2v) is 7.15. The van der Waals surface area contributed by atoms with Gasteiger partial charge in [0.15, 0.2) is 17.6 Å². The number of fused-ring (bicyclic) bond motifs is 1. The van der Waals surface area contributed by atoms with Gasteiger partial charge in [-0.15, -0.1) is 0 Å². The zero-order valence-corrected chi connectivity index (χ0v) is 14.5. The van der Waals surface area contributed by atoms with Crippen LogP contribution in [0.1, 0.15) is 50.5 Å². The van der Waals surface area contributed by atoms with Crippen molar-refractivity contribution in [2.45, 2.75) is 56.6 Å². The molecule has 1 heterocycles. The fourth-order valence-corrected chi connectivity index (χ4v) is 3.51. The molecule has 0 aromatic heterocycles. The van der Waals surface area contributed by atoms with Crippen molar-refractivity contribution in [2.24, 2.45) is 5.73 Å². The molecule has 5 heteroatoms. The first-order chi connectivity index (χ1) is 11.6. The van der Waals surface area contributed by atoms with Gasteiger partial charge in [0.2, 0.25) is 0 Å². The van der Waals surface area contributed by atoms with Gasteiger partial charge in [0.05, 0.1) is 13.2 Å². The third-order valence-electron chi connectivity index (χ3n) is 5.06. The summed E-state index contributed by atoms with van der Waals surface area (Å²) in [5, 5.41) is 9.43. The molecule has 2 aliphatic rings. The molecular weight excluding hydrogens is 306 g/mol. The predicted molar refractivity (Wildman–Crippen MR) is 92.7 cm³/mol. The third-order valence-corrected chi connectivity index (χ3v) is 5.06. The van der Waals surface area contributed by atoms with Gasteiger partial charge in [-0.1, -0.05) is 19.4 Å². The van der Waals surface area contributed by atoms with Crippen molar-refractivity contribution in [3.8, 4) is 11.5 Å². The molecule has 134 valence electrons. The van der Waals surface area contributed by atoms with E-state index < -0.39 is 5.54 Å². The minimum Gasteiger partial charge on any atom is -0.486 e. The van der Waals surface area contributed by atoms with E-state index in [1.54, 1.807) is 0 Å². The van der Waals surface area contributed by atoms with Crippen molar-refractivity contribution in [1.29, 1.82) is 0 Å². The lowest BCUT2D eigenvalue weighted by Gasteiger charge is -2.27. The lowest BCUT2D eigenvalue weighted by Crippen LogP contribution is -2.40. The van der Waals surface area contributed by atoms with Gasteiger partial charge in [-0.25, -0.2) is 0 Å². The van der Waals surface area contributed by atoms with Crippen LogP contribution in [0.5, 0.6) is 11.5 Å². The van der Waals surface area contributed by atoms with E-state index in [1.807, 2.05) is 6.07 Å². The van der Waals surface area contributed by atoms with Gasteiger partial charge in [-0.05, 0) is 49.3 Å². The predicted octanol–water partition coefficient (Wildman–Crippen LogP) is 2.60. The maximum absolute atomic E-state index is 9.43. The quantitative estimate of drug-likeness (QED) is 0.749. The summed E-state index contributed by atoms with van der Waals surface area (Å²) in [6.07, 6.45) is 4.85. The second-order valence-electron chi connectivity index (χ2n) is 7.15. The molecule has 24 heavy (non-hydrogen) atoms. The van der Waals surface area contributed by atoms with Crippen LogP contribution in [0.25, 0.3) is 0 Å². The van der Waals surface area contributed by atoms with Crippen LogP contribution in [0, 0.1) is 0 Å². The molecule has 0 bridgehead atoms. The maximum atomic E-state index is 9.43. The Balaban J connectivity index is 1.58. The first-order valence-electron chi connectivity index (χ1n) is 9.04. The van der Waals surface area contributed by atoms with E-state index in [1.165, 1.54) is 5.56 Å². The Labute approximate surface area is 144 Å². The number of unbranched alkanes of at least 4 members (excludes halogenated alkanes) is 1. The molecule has 1 aromatic carbocycles. The highest BCUT2D eigenvalue weighted by atomic mass is 16.6. The van der Waals surface area contributed by atoms with Crippen molar-refractivity contribution in [3.05, 3.63) is 23.8 Å². The van der Waals surface area contributed by atoms with Crippen LogP contribution in [0.2, 0.25) is 0 Å². The Morgan fingerprint density at radius 2 is 2.25 bits per heavy atom. The van der Waals surface area contributed by atoms with E-state index in [-0.39, 0.29) is 12.7 Å². The van der Waals surface area contributed by atoms with E-state index in [0.29, 0.717) is 19.1 Å². The van der Waals surface area contributed by atoms with Crippen LogP contribution in [-0.4, -0.2) is 43.2 Å². The van der Waals surface area contributed by atoms with Gasteiger partial charge in [0.1, 0.15) is 6.61 Å². The number of nitrogens with two attached hydrogens (primary N) is 1. The van der Waals surface area contributed by atoms with Crippen LogP contribution in [-0.2, 0) is 4.74 Å². The van der Waals surface area contributed by atoms with Crippen molar-refractivity contribution >= 4 is 0 Å². The molecule has 1 aromatic rings. The first-order valence-corrected chi connectivity index (χ1v) is 9.04. The van der Waals surface area contributed by atoms with Crippen LogP contribution >= 0.6 is 0 Å². The molecule has 3 unspecified atom stereocenters. The molecule has 3 N–H and O–H groups in total. The van der Waals surface area contributed by atoms with Crippen molar-refractivity contribution < 1.29 is 19.3 Å². The standard InChI is InChI=1S/C19H29NO4/c1-2-3-8-22-11-16-12-23-18-9-14(4-5-17(18)24-16)15-6-7-19(20,10-15)13-21/h4-5,9,15-16,21H,2-3,6-8,10-13,20H2,1H3. The van der Waals surface area contributed by atoms with Crippen LogP contribution in [0.15, 0.2) is 18.2 Å². The Morgan fingerprint density at radius 3 is 3.00 bits per heavy atom. The fourth-order valence-electron chi connectivity index (χ4n) is 3.51. The smallest absolute Gasteiger partial charge is 0.161 e. The summed E-state index contributed by atoms with van der Waals surface area (Å²) in [6.45, 7) is 4.06. The number of hydrogen-bond donors (Lipinski definition) is 2. The lowest BCUT2D eigenvalue weighted by molar-refractivity contribution is 0.00803. The van der Waals surface area contributed by atoms with Gasteiger partial charge in [-0.3, -0.25) is 0 Å². The fraction of sp³-hybridized carbons (Fsp3) is 0.684. The lowest BCUT2D eigenvalue weighted by atomic mass is 9.93. The Morgan fingerprint density at radius 1 is 1.38 bits per heavy atom. The molecular formula is C19H29NO4. The zero-order valence-electron chi connectivity index (χ0n) is 14.5. The molecule has 3 rings (SSSR count). The van der Waals surface area contributed by atoms with E-state index in [9.17, 15) is 5.11 Å². The molecule has 0 spiro atoms.